The number of benzene rings is 2. The molecule has 0 fully saturated rings. The molecule has 0 spiro atoms. The van der Waals surface area contributed by atoms with Crippen LogP contribution in [0.1, 0.15) is 51.1 Å². The highest BCUT2D eigenvalue weighted by Crippen LogP contribution is 2.27. The van der Waals surface area contributed by atoms with E-state index < -0.39 is 0 Å². The number of carbonyl (C=O) groups excluding carboxylic acids is 1. The molecule has 20 heavy (non-hydrogen) atoms. The fourth-order valence-electron chi connectivity index (χ4n) is 2.70. The van der Waals surface area contributed by atoms with Gasteiger partial charge >= 0.3 is 0 Å². The lowest BCUT2D eigenvalue weighted by Gasteiger charge is -2.20. The lowest BCUT2D eigenvalue weighted by atomic mass is 9.95. The molecule has 0 radical (unpaired) electrons. The van der Waals surface area contributed by atoms with E-state index in [1.54, 1.807) is 6.92 Å². The molecule has 0 bridgehead atoms. The molecule has 0 unspecified atom stereocenters. The summed E-state index contributed by atoms with van der Waals surface area (Å²) in [7, 11) is 0. The fraction of sp³-hybridized carbons (Fsp3) is 0.389. The predicted molar refractivity (Wildman–Crippen MR) is 84.6 cm³/mol. The summed E-state index contributed by atoms with van der Waals surface area (Å²) in [5.41, 5.74) is 1.23. The van der Waals surface area contributed by atoms with Crippen LogP contribution in [0.2, 0.25) is 0 Å². The van der Waals surface area contributed by atoms with Crippen LogP contribution in [0.5, 0.6) is 0 Å². The molecule has 0 aliphatic rings. The Morgan fingerprint density at radius 1 is 1.10 bits per heavy atom. The zero-order valence-electron chi connectivity index (χ0n) is 12.4. The second-order valence-electron chi connectivity index (χ2n) is 5.32. The van der Waals surface area contributed by atoms with Crippen LogP contribution in [0.4, 0.5) is 0 Å². The van der Waals surface area contributed by atoms with E-state index in [9.17, 15) is 4.79 Å². The van der Waals surface area contributed by atoms with Crippen LogP contribution < -0.4 is 5.32 Å². The van der Waals surface area contributed by atoms with Crippen molar-refractivity contribution in [3.63, 3.8) is 0 Å². The second-order valence-corrected chi connectivity index (χ2v) is 5.32. The number of hydrogen-bond acceptors (Lipinski definition) is 1. The molecule has 0 heterocycles. The maximum absolute atomic E-state index is 11.5. The molecular weight excluding hydrogens is 246 g/mol. The van der Waals surface area contributed by atoms with Crippen LogP contribution in [-0.4, -0.2) is 5.91 Å². The third-order valence-corrected chi connectivity index (χ3v) is 3.67. The Morgan fingerprint density at radius 2 is 1.85 bits per heavy atom. The summed E-state index contributed by atoms with van der Waals surface area (Å²) in [4.78, 5) is 11.5. The summed E-state index contributed by atoms with van der Waals surface area (Å²) in [5, 5.41) is 5.58. The average Bonchev–Trinajstić information content (AvgIpc) is 2.45. The molecule has 106 valence electrons. The highest BCUT2D eigenvalue weighted by Gasteiger charge is 2.14. The van der Waals surface area contributed by atoms with E-state index in [-0.39, 0.29) is 11.9 Å². The molecule has 0 aliphatic heterocycles. The van der Waals surface area contributed by atoms with E-state index in [4.69, 9.17) is 0 Å². The van der Waals surface area contributed by atoms with Crippen molar-refractivity contribution in [2.24, 2.45) is 0 Å². The average molecular weight is 269 g/mol. The topological polar surface area (TPSA) is 29.1 Å². The van der Waals surface area contributed by atoms with E-state index in [0.717, 1.165) is 12.8 Å². The summed E-state index contributed by atoms with van der Waals surface area (Å²) in [5.74, 6) is 0.0411. The quantitative estimate of drug-likeness (QED) is 0.763. The molecular formula is C18H23NO. The summed E-state index contributed by atoms with van der Waals surface area (Å²) in [6, 6.07) is 14.8. The zero-order chi connectivity index (χ0) is 14.4. The minimum atomic E-state index is 0.0411. The van der Waals surface area contributed by atoms with Gasteiger partial charge in [-0.1, -0.05) is 68.7 Å². The van der Waals surface area contributed by atoms with E-state index in [2.05, 4.69) is 54.7 Å². The number of fused-ring (bicyclic) bond motifs is 1. The number of amides is 1. The molecule has 0 saturated carbocycles. The lowest BCUT2D eigenvalue weighted by Crippen LogP contribution is -2.26. The van der Waals surface area contributed by atoms with Crippen molar-refractivity contribution in [2.75, 3.05) is 0 Å². The number of hydrogen-bond donors (Lipinski definition) is 1. The van der Waals surface area contributed by atoms with Gasteiger partial charge in [0.1, 0.15) is 0 Å². The molecule has 1 amide bonds. The van der Waals surface area contributed by atoms with Crippen LogP contribution in [0.25, 0.3) is 10.8 Å². The molecule has 2 nitrogen and oxygen atoms in total. The van der Waals surface area contributed by atoms with Gasteiger partial charge in [-0.05, 0) is 22.8 Å². The van der Waals surface area contributed by atoms with Crippen LogP contribution in [0, 0.1) is 0 Å². The number of nitrogens with one attached hydrogen (secondary N) is 1. The van der Waals surface area contributed by atoms with Gasteiger partial charge < -0.3 is 5.32 Å². The minimum absolute atomic E-state index is 0.0411. The van der Waals surface area contributed by atoms with E-state index >= 15 is 0 Å². The van der Waals surface area contributed by atoms with Crippen LogP contribution in [0.3, 0.4) is 0 Å². The predicted octanol–water partition coefficient (Wildman–Crippen LogP) is 4.60. The van der Waals surface area contributed by atoms with Gasteiger partial charge in [0.2, 0.25) is 5.91 Å². The third-order valence-electron chi connectivity index (χ3n) is 3.67. The first-order valence-corrected chi connectivity index (χ1v) is 7.47. The Morgan fingerprint density at radius 3 is 2.60 bits per heavy atom. The molecule has 2 rings (SSSR count). The molecule has 2 heteroatoms. The Kier molecular flexibility index (Phi) is 5.16. The molecule has 0 aliphatic carbocycles. The van der Waals surface area contributed by atoms with Crippen molar-refractivity contribution < 1.29 is 4.79 Å². The van der Waals surface area contributed by atoms with Gasteiger partial charge in [0.15, 0.2) is 0 Å². The maximum Gasteiger partial charge on any atom is 0.217 e. The lowest BCUT2D eigenvalue weighted by molar-refractivity contribution is -0.119. The first-order valence-electron chi connectivity index (χ1n) is 7.47. The van der Waals surface area contributed by atoms with Gasteiger partial charge in [-0.25, -0.2) is 0 Å². The minimum Gasteiger partial charge on any atom is -0.350 e. The standard InChI is InChI=1S/C18H23NO/c1-3-4-5-13-18(19-14(2)20)17-12-8-10-15-9-6-7-11-16(15)17/h6-12,18H,3-5,13H2,1-2H3,(H,19,20)/t18-/m1/s1. The van der Waals surface area contributed by atoms with Crippen LogP contribution in [0.15, 0.2) is 42.5 Å². The molecule has 0 aromatic heterocycles. The normalized spacial score (nSPS) is 12.3. The van der Waals surface area contributed by atoms with E-state index in [0.29, 0.717) is 0 Å². The summed E-state index contributed by atoms with van der Waals surface area (Å²) in [6.45, 7) is 3.79. The van der Waals surface area contributed by atoms with Gasteiger partial charge in [0.25, 0.3) is 0 Å². The smallest absolute Gasteiger partial charge is 0.217 e. The van der Waals surface area contributed by atoms with Crippen LogP contribution >= 0.6 is 0 Å². The van der Waals surface area contributed by atoms with Crippen molar-refractivity contribution in [3.05, 3.63) is 48.0 Å². The van der Waals surface area contributed by atoms with Crippen molar-refractivity contribution in [2.45, 2.75) is 45.6 Å². The first kappa shape index (κ1) is 14.6. The van der Waals surface area contributed by atoms with E-state index in [1.807, 2.05) is 0 Å². The molecule has 1 N–H and O–H groups in total. The van der Waals surface area contributed by atoms with Crippen molar-refractivity contribution in [1.82, 2.24) is 5.32 Å². The summed E-state index contributed by atoms with van der Waals surface area (Å²) >= 11 is 0. The van der Waals surface area contributed by atoms with E-state index in [1.165, 1.54) is 29.2 Å². The molecule has 2 aromatic carbocycles. The second kappa shape index (κ2) is 7.09. The van der Waals surface area contributed by atoms with Crippen molar-refractivity contribution in [3.8, 4) is 0 Å². The molecule has 2 aromatic rings. The van der Waals surface area contributed by atoms with Gasteiger partial charge in [-0.2, -0.15) is 0 Å². The zero-order valence-corrected chi connectivity index (χ0v) is 12.4. The van der Waals surface area contributed by atoms with Crippen molar-refractivity contribution in [1.29, 1.82) is 0 Å². The summed E-state index contributed by atoms with van der Waals surface area (Å²) in [6.07, 6.45) is 4.55. The van der Waals surface area contributed by atoms with Gasteiger partial charge in [0, 0.05) is 6.92 Å². The van der Waals surface area contributed by atoms with Gasteiger partial charge in [-0.3, -0.25) is 4.79 Å². The first-order chi connectivity index (χ1) is 9.72. The number of carbonyl (C=O) groups is 1. The van der Waals surface area contributed by atoms with Crippen molar-refractivity contribution >= 4 is 16.7 Å². The van der Waals surface area contributed by atoms with Gasteiger partial charge in [-0.15, -0.1) is 0 Å². The monoisotopic (exact) mass is 269 g/mol. The molecule has 0 saturated heterocycles. The van der Waals surface area contributed by atoms with Gasteiger partial charge in [0.05, 0.1) is 6.04 Å². The largest absolute Gasteiger partial charge is 0.350 e. The Labute approximate surface area is 121 Å². The highest BCUT2D eigenvalue weighted by molar-refractivity contribution is 5.86. The maximum atomic E-state index is 11.5. The van der Waals surface area contributed by atoms with Crippen LogP contribution in [-0.2, 0) is 4.79 Å². The number of unbranched alkanes of at least 4 members (excludes halogenated alkanes) is 2. The third kappa shape index (κ3) is 3.60. The Balaban J connectivity index is 2.31. The fourth-order valence-corrected chi connectivity index (χ4v) is 2.70. The Bertz CT molecular complexity index is 571. The highest BCUT2D eigenvalue weighted by atomic mass is 16.1. The Hall–Kier alpha value is -1.83. The molecule has 1 atom stereocenters. The summed E-state index contributed by atoms with van der Waals surface area (Å²) < 4.78 is 0. The SMILES string of the molecule is CCCCC[C@@H](NC(C)=O)c1cccc2ccccc12. The number of rotatable bonds is 6.